The molecule has 0 unspecified atom stereocenters. The number of ether oxygens (including phenoxy) is 4. The monoisotopic (exact) mass is 494 g/mol. The summed E-state index contributed by atoms with van der Waals surface area (Å²) in [4.78, 5) is 30.2. The minimum atomic E-state index is -0.286. The van der Waals surface area contributed by atoms with Crippen molar-refractivity contribution in [3.63, 3.8) is 0 Å². The van der Waals surface area contributed by atoms with Crippen molar-refractivity contribution in [3.05, 3.63) is 71.7 Å². The lowest BCUT2D eigenvalue weighted by molar-refractivity contribution is -0.133. The normalized spacial score (nSPS) is 11.8. The number of carbonyl (C=O) groups is 2. The molecule has 0 atom stereocenters. The van der Waals surface area contributed by atoms with E-state index in [0.717, 1.165) is 5.56 Å². The molecule has 0 aliphatic carbocycles. The summed E-state index contributed by atoms with van der Waals surface area (Å²) in [6.07, 6.45) is 2.26. The summed E-state index contributed by atoms with van der Waals surface area (Å²) in [5.41, 5.74) is 1.25. The minimum Gasteiger partial charge on any atom is -0.497 e. The summed E-state index contributed by atoms with van der Waals surface area (Å²) in [7, 11) is 3.05. The largest absolute Gasteiger partial charge is 0.497 e. The van der Waals surface area contributed by atoms with E-state index in [1.807, 2.05) is 31.2 Å². The van der Waals surface area contributed by atoms with Crippen LogP contribution in [0, 0.1) is 0 Å². The maximum Gasteiger partial charge on any atom is 0.258 e. The van der Waals surface area contributed by atoms with Gasteiger partial charge >= 0.3 is 0 Å². The Bertz CT molecular complexity index is 1190. The van der Waals surface area contributed by atoms with Crippen LogP contribution in [-0.4, -0.2) is 55.7 Å². The van der Waals surface area contributed by atoms with Crippen molar-refractivity contribution in [2.75, 3.05) is 34.1 Å². The Morgan fingerprint density at radius 3 is 2.50 bits per heavy atom. The number of methoxy groups -OCH3 is 2. The molecule has 0 saturated heterocycles. The Kier molecular flexibility index (Phi) is 7.99. The van der Waals surface area contributed by atoms with E-state index < -0.39 is 0 Å². The molecule has 0 fully saturated rings. The zero-order valence-corrected chi connectivity index (χ0v) is 20.7. The molecular formula is C27H30N2O7. The highest BCUT2D eigenvalue weighted by atomic mass is 16.7. The van der Waals surface area contributed by atoms with Gasteiger partial charge < -0.3 is 33.2 Å². The molecule has 0 radical (unpaired) electrons. The summed E-state index contributed by atoms with van der Waals surface area (Å²) >= 11 is 0. The molecule has 190 valence electrons. The van der Waals surface area contributed by atoms with E-state index in [4.69, 9.17) is 23.4 Å². The lowest BCUT2D eigenvalue weighted by Crippen LogP contribution is -2.42. The van der Waals surface area contributed by atoms with Gasteiger partial charge in [0.05, 0.1) is 32.6 Å². The van der Waals surface area contributed by atoms with Gasteiger partial charge in [-0.25, -0.2) is 0 Å². The molecule has 2 heterocycles. The Morgan fingerprint density at radius 2 is 1.78 bits per heavy atom. The number of furan rings is 1. The molecule has 3 aromatic rings. The molecule has 36 heavy (non-hydrogen) atoms. The van der Waals surface area contributed by atoms with Gasteiger partial charge in [-0.2, -0.15) is 0 Å². The third-order valence-corrected chi connectivity index (χ3v) is 5.84. The molecule has 1 aromatic heterocycles. The van der Waals surface area contributed by atoms with Gasteiger partial charge in [0.1, 0.15) is 23.8 Å². The Morgan fingerprint density at radius 1 is 0.944 bits per heavy atom. The van der Waals surface area contributed by atoms with Crippen molar-refractivity contribution >= 4 is 11.8 Å². The van der Waals surface area contributed by atoms with Gasteiger partial charge in [-0.05, 0) is 48.4 Å². The van der Waals surface area contributed by atoms with Gasteiger partial charge in [-0.15, -0.1) is 0 Å². The Labute approximate surface area is 210 Å². The highest BCUT2D eigenvalue weighted by molar-refractivity contribution is 5.99. The van der Waals surface area contributed by atoms with Gasteiger partial charge in [0, 0.05) is 19.2 Å². The van der Waals surface area contributed by atoms with Gasteiger partial charge in [0.15, 0.2) is 11.5 Å². The topological polar surface area (TPSA) is 90.7 Å². The third kappa shape index (κ3) is 5.73. The van der Waals surface area contributed by atoms with Crippen molar-refractivity contribution in [1.82, 2.24) is 9.80 Å². The number of fused-ring (bicyclic) bond motifs is 1. The second kappa shape index (κ2) is 11.5. The molecular weight excluding hydrogens is 464 g/mol. The quantitative estimate of drug-likeness (QED) is 0.396. The van der Waals surface area contributed by atoms with E-state index in [1.54, 1.807) is 47.4 Å². The van der Waals surface area contributed by atoms with Gasteiger partial charge in [-0.3, -0.25) is 9.59 Å². The number of nitrogens with zero attached hydrogens (tertiary/aromatic N) is 2. The smallest absolute Gasteiger partial charge is 0.258 e. The van der Waals surface area contributed by atoms with Crippen LogP contribution < -0.4 is 18.9 Å². The lowest BCUT2D eigenvalue weighted by Gasteiger charge is -2.27. The molecule has 2 aromatic carbocycles. The highest BCUT2D eigenvalue weighted by Crippen LogP contribution is 2.33. The Balaban J connectivity index is 1.55. The second-order valence-electron chi connectivity index (χ2n) is 8.31. The van der Waals surface area contributed by atoms with Crippen LogP contribution in [0.5, 0.6) is 23.0 Å². The van der Waals surface area contributed by atoms with Crippen LogP contribution >= 0.6 is 0 Å². The lowest BCUT2D eigenvalue weighted by atomic mass is 10.1. The van der Waals surface area contributed by atoms with Crippen molar-refractivity contribution < 1.29 is 33.0 Å². The molecule has 0 bridgehead atoms. The summed E-state index contributed by atoms with van der Waals surface area (Å²) in [5, 5.41) is 0. The fraction of sp³-hybridized carbons (Fsp3) is 0.333. The molecule has 1 aliphatic rings. The second-order valence-corrected chi connectivity index (χ2v) is 8.31. The average molecular weight is 495 g/mol. The van der Waals surface area contributed by atoms with Crippen LogP contribution in [0.4, 0.5) is 0 Å². The third-order valence-electron chi connectivity index (χ3n) is 5.84. The van der Waals surface area contributed by atoms with E-state index in [1.165, 1.54) is 7.11 Å². The highest BCUT2D eigenvalue weighted by Gasteiger charge is 2.25. The number of hydrogen-bond acceptors (Lipinski definition) is 7. The van der Waals surface area contributed by atoms with E-state index in [0.29, 0.717) is 53.8 Å². The molecule has 4 rings (SSSR count). The number of amides is 2. The molecule has 0 saturated carbocycles. The van der Waals surface area contributed by atoms with Crippen LogP contribution in [0.2, 0.25) is 0 Å². The fourth-order valence-corrected chi connectivity index (χ4v) is 4.01. The van der Waals surface area contributed by atoms with Crippen LogP contribution in [0.25, 0.3) is 0 Å². The molecule has 9 nitrogen and oxygen atoms in total. The van der Waals surface area contributed by atoms with Crippen molar-refractivity contribution in [2.24, 2.45) is 0 Å². The number of carbonyl (C=O) groups excluding carboxylic acids is 2. The molecule has 0 spiro atoms. The molecule has 9 heteroatoms. The van der Waals surface area contributed by atoms with Crippen molar-refractivity contribution in [2.45, 2.75) is 26.4 Å². The first-order chi connectivity index (χ1) is 17.5. The maximum absolute atomic E-state index is 13.6. The average Bonchev–Trinajstić information content (AvgIpc) is 3.59. The maximum atomic E-state index is 13.6. The minimum absolute atomic E-state index is 0.0902. The predicted octanol–water partition coefficient (Wildman–Crippen LogP) is 4.11. The zero-order valence-electron chi connectivity index (χ0n) is 20.7. The van der Waals surface area contributed by atoms with E-state index in [2.05, 4.69) is 0 Å². The molecule has 1 aliphatic heterocycles. The van der Waals surface area contributed by atoms with E-state index >= 15 is 0 Å². The zero-order chi connectivity index (χ0) is 25.5. The van der Waals surface area contributed by atoms with Gasteiger partial charge in [-0.1, -0.05) is 13.0 Å². The fourth-order valence-electron chi connectivity index (χ4n) is 4.01. The van der Waals surface area contributed by atoms with Crippen molar-refractivity contribution in [3.8, 4) is 23.0 Å². The predicted molar refractivity (Wildman–Crippen MR) is 131 cm³/mol. The number of benzene rings is 2. The van der Waals surface area contributed by atoms with Crippen LogP contribution in [0.3, 0.4) is 0 Å². The summed E-state index contributed by atoms with van der Waals surface area (Å²) in [6.45, 7) is 3.04. The summed E-state index contributed by atoms with van der Waals surface area (Å²) in [5.74, 6) is 2.44. The first-order valence-corrected chi connectivity index (χ1v) is 11.7. The van der Waals surface area contributed by atoms with Gasteiger partial charge in [0.2, 0.25) is 12.7 Å². The SMILES string of the molecule is CCCN(CC(=O)N(Cc1ccc2c(c1)OCO2)Cc1ccco1)C(=O)c1ccc(OC)cc1OC. The number of rotatable bonds is 11. The Hall–Kier alpha value is -4.14. The molecule has 0 N–H and O–H groups in total. The van der Waals surface area contributed by atoms with Crippen LogP contribution in [0.15, 0.2) is 59.2 Å². The van der Waals surface area contributed by atoms with Crippen LogP contribution in [-0.2, 0) is 17.9 Å². The molecule has 2 amide bonds. The standard InChI is InChI=1S/C27H30N2O7/c1-4-11-28(27(31)22-9-8-20(32-2)14-24(22)33-3)17-26(30)29(16-21-6-5-12-34-21)15-19-7-10-23-25(13-19)36-18-35-23/h5-10,12-14H,4,11,15-18H2,1-3H3. The van der Waals surface area contributed by atoms with Gasteiger partial charge in [0.25, 0.3) is 5.91 Å². The van der Waals surface area contributed by atoms with E-state index in [9.17, 15) is 9.59 Å². The van der Waals surface area contributed by atoms with Crippen molar-refractivity contribution in [1.29, 1.82) is 0 Å². The first-order valence-electron chi connectivity index (χ1n) is 11.7. The summed E-state index contributed by atoms with van der Waals surface area (Å²) < 4.78 is 27.0. The number of hydrogen-bond donors (Lipinski definition) is 0. The van der Waals surface area contributed by atoms with E-state index in [-0.39, 0.29) is 31.7 Å². The summed E-state index contributed by atoms with van der Waals surface area (Å²) in [6, 6.07) is 14.2. The first kappa shape index (κ1) is 25.0. The van der Waals surface area contributed by atoms with Crippen LogP contribution in [0.1, 0.15) is 35.0 Å².